The predicted molar refractivity (Wildman–Crippen MR) is 129 cm³/mol. The number of nitrogens with zero attached hydrogens (tertiary/aromatic N) is 2. The lowest BCUT2D eigenvalue weighted by molar-refractivity contribution is -0.126. The Morgan fingerprint density at radius 3 is 2.34 bits per heavy atom. The molecule has 35 heavy (non-hydrogen) atoms. The Balaban J connectivity index is 1.53. The molecule has 2 aromatic carbocycles. The van der Waals surface area contributed by atoms with E-state index in [4.69, 9.17) is 0 Å². The van der Waals surface area contributed by atoms with Gasteiger partial charge in [0.1, 0.15) is 17.7 Å². The Morgan fingerprint density at radius 1 is 1.00 bits per heavy atom. The molecule has 1 aromatic heterocycles. The van der Waals surface area contributed by atoms with Crippen molar-refractivity contribution >= 4 is 17.6 Å². The Kier molecular flexibility index (Phi) is 9.37. The highest BCUT2D eigenvalue weighted by molar-refractivity contribution is 5.96. The first kappa shape index (κ1) is 25.9. The first-order valence-electron chi connectivity index (χ1n) is 11.5. The molecule has 3 N–H and O–H groups in total. The van der Waals surface area contributed by atoms with Crippen molar-refractivity contribution in [2.75, 3.05) is 5.32 Å². The second-order valence-corrected chi connectivity index (χ2v) is 8.26. The van der Waals surface area contributed by atoms with Crippen LogP contribution in [0, 0.1) is 11.6 Å². The van der Waals surface area contributed by atoms with Gasteiger partial charge in [0.2, 0.25) is 11.8 Å². The molecular formula is C26H29F2N5O2. The van der Waals surface area contributed by atoms with E-state index in [0.717, 1.165) is 23.8 Å². The molecular weight excluding hydrogens is 452 g/mol. The van der Waals surface area contributed by atoms with Crippen molar-refractivity contribution in [3.05, 3.63) is 89.4 Å². The van der Waals surface area contributed by atoms with E-state index in [1.807, 2.05) is 37.3 Å². The normalized spacial score (nSPS) is 12.6. The largest absolute Gasteiger partial charge is 0.344 e. The van der Waals surface area contributed by atoms with Gasteiger partial charge in [-0.3, -0.25) is 14.6 Å². The third kappa shape index (κ3) is 8.22. The lowest BCUT2D eigenvalue weighted by Crippen LogP contribution is -2.44. The molecule has 9 heteroatoms. The van der Waals surface area contributed by atoms with Crippen LogP contribution in [0.15, 0.2) is 60.9 Å². The summed E-state index contributed by atoms with van der Waals surface area (Å²) in [7, 11) is 0. The highest BCUT2D eigenvalue weighted by Gasteiger charge is 2.21. The molecule has 0 saturated heterocycles. The second-order valence-electron chi connectivity index (χ2n) is 8.26. The van der Waals surface area contributed by atoms with Gasteiger partial charge in [-0.2, -0.15) is 0 Å². The molecule has 3 rings (SSSR count). The summed E-state index contributed by atoms with van der Waals surface area (Å²) in [6.07, 6.45) is 3.82. The van der Waals surface area contributed by atoms with Crippen LogP contribution in [0.25, 0.3) is 0 Å². The van der Waals surface area contributed by atoms with Crippen LogP contribution in [0.3, 0.4) is 0 Å². The number of halogens is 2. The van der Waals surface area contributed by atoms with Crippen molar-refractivity contribution in [2.45, 2.75) is 51.7 Å². The average Bonchev–Trinajstić information content (AvgIpc) is 2.83. The smallest absolute Gasteiger partial charge is 0.248 e. The van der Waals surface area contributed by atoms with Crippen molar-refractivity contribution in [3.63, 3.8) is 0 Å². The maximum Gasteiger partial charge on any atom is 0.248 e. The van der Waals surface area contributed by atoms with Crippen LogP contribution in [0.5, 0.6) is 0 Å². The summed E-state index contributed by atoms with van der Waals surface area (Å²) >= 11 is 0. The monoisotopic (exact) mass is 481 g/mol. The van der Waals surface area contributed by atoms with E-state index in [9.17, 15) is 18.4 Å². The molecule has 2 unspecified atom stereocenters. The Bertz CT molecular complexity index is 1110. The molecule has 0 fully saturated rings. The molecule has 1 heterocycles. The van der Waals surface area contributed by atoms with Gasteiger partial charge in [0, 0.05) is 18.7 Å². The number of hydrogen-bond donors (Lipinski definition) is 3. The number of amides is 2. The molecule has 184 valence electrons. The number of anilines is 1. The van der Waals surface area contributed by atoms with Gasteiger partial charge in [0.25, 0.3) is 0 Å². The number of hydrogen-bond acceptors (Lipinski definition) is 5. The van der Waals surface area contributed by atoms with Gasteiger partial charge < -0.3 is 16.0 Å². The molecule has 2 atom stereocenters. The average molecular weight is 482 g/mol. The molecule has 0 spiro atoms. The highest BCUT2D eigenvalue weighted by atomic mass is 19.1. The Hall–Kier alpha value is -3.72. The molecule has 3 aromatic rings. The zero-order valence-corrected chi connectivity index (χ0v) is 19.7. The molecule has 0 aliphatic rings. The van der Waals surface area contributed by atoms with Crippen molar-refractivity contribution in [1.29, 1.82) is 0 Å². The van der Waals surface area contributed by atoms with E-state index < -0.39 is 29.5 Å². The van der Waals surface area contributed by atoms with Crippen molar-refractivity contribution in [3.8, 4) is 0 Å². The SMILES string of the molecule is CCCC(NC(=O)Cc1cc(F)cc(F)c1)C(=O)Nc1cnc(CNC(C)c2ccccc2)cn1. The minimum atomic E-state index is -0.819. The van der Waals surface area contributed by atoms with E-state index in [1.165, 1.54) is 6.20 Å². The van der Waals surface area contributed by atoms with Gasteiger partial charge in [-0.15, -0.1) is 0 Å². The summed E-state index contributed by atoms with van der Waals surface area (Å²) in [6, 6.07) is 12.3. The summed E-state index contributed by atoms with van der Waals surface area (Å²) in [6.45, 7) is 4.45. The van der Waals surface area contributed by atoms with Crippen molar-refractivity contribution < 1.29 is 18.4 Å². The molecule has 0 saturated carbocycles. The van der Waals surface area contributed by atoms with Gasteiger partial charge in [0.15, 0.2) is 5.82 Å². The summed E-state index contributed by atoms with van der Waals surface area (Å²) in [5, 5.41) is 8.67. The van der Waals surface area contributed by atoms with Crippen LogP contribution in [-0.4, -0.2) is 27.8 Å². The number of carbonyl (C=O) groups is 2. The predicted octanol–water partition coefficient (Wildman–Crippen LogP) is 4.07. The Labute approximate surface area is 203 Å². The standard InChI is InChI=1S/C26H29F2N5O2/c1-3-7-23(32-25(34)12-18-10-20(27)13-21(28)11-18)26(35)33-24-16-30-22(15-31-24)14-29-17(2)19-8-5-4-6-9-19/h4-6,8-11,13,15-17,23,29H,3,7,12,14H2,1-2H3,(H,32,34)(H,31,33,35). The van der Waals surface area contributed by atoms with E-state index in [-0.39, 0.29) is 23.8 Å². The van der Waals surface area contributed by atoms with E-state index in [1.54, 1.807) is 6.20 Å². The first-order valence-corrected chi connectivity index (χ1v) is 11.5. The summed E-state index contributed by atoms with van der Waals surface area (Å²) in [4.78, 5) is 33.7. The lowest BCUT2D eigenvalue weighted by Gasteiger charge is -2.18. The molecule has 2 amide bonds. The van der Waals surface area contributed by atoms with Crippen LogP contribution in [0.1, 0.15) is 49.6 Å². The van der Waals surface area contributed by atoms with Gasteiger partial charge in [0.05, 0.1) is 24.5 Å². The lowest BCUT2D eigenvalue weighted by atomic mass is 10.1. The molecule has 0 bridgehead atoms. The quantitative estimate of drug-likeness (QED) is 0.384. The van der Waals surface area contributed by atoms with Crippen LogP contribution >= 0.6 is 0 Å². The number of benzene rings is 2. The number of nitrogens with one attached hydrogen (secondary N) is 3. The summed E-state index contributed by atoms with van der Waals surface area (Å²) < 4.78 is 26.7. The zero-order valence-electron chi connectivity index (χ0n) is 19.7. The van der Waals surface area contributed by atoms with Gasteiger partial charge in [-0.05, 0) is 36.6 Å². The molecule has 0 aliphatic carbocycles. The van der Waals surface area contributed by atoms with Crippen LogP contribution in [0.2, 0.25) is 0 Å². The highest BCUT2D eigenvalue weighted by Crippen LogP contribution is 2.13. The third-order valence-corrected chi connectivity index (χ3v) is 5.36. The summed E-state index contributed by atoms with van der Waals surface area (Å²) in [5.74, 6) is -2.21. The molecule has 7 nitrogen and oxygen atoms in total. The zero-order chi connectivity index (χ0) is 25.2. The minimum Gasteiger partial charge on any atom is -0.344 e. The summed E-state index contributed by atoms with van der Waals surface area (Å²) in [5.41, 5.74) is 2.06. The first-order chi connectivity index (χ1) is 16.8. The number of rotatable bonds is 11. The second kappa shape index (κ2) is 12.7. The Morgan fingerprint density at radius 2 is 1.71 bits per heavy atom. The van der Waals surface area contributed by atoms with Crippen molar-refractivity contribution in [2.24, 2.45) is 0 Å². The van der Waals surface area contributed by atoms with Gasteiger partial charge >= 0.3 is 0 Å². The topological polar surface area (TPSA) is 96.0 Å². The maximum absolute atomic E-state index is 13.4. The van der Waals surface area contributed by atoms with E-state index >= 15 is 0 Å². The van der Waals surface area contributed by atoms with E-state index in [0.29, 0.717) is 25.1 Å². The minimum absolute atomic E-state index is 0.139. The van der Waals surface area contributed by atoms with Gasteiger partial charge in [-0.1, -0.05) is 43.7 Å². The fourth-order valence-electron chi connectivity index (χ4n) is 3.54. The van der Waals surface area contributed by atoms with Crippen LogP contribution in [-0.2, 0) is 22.6 Å². The molecule has 0 radical (unpaired) electrons. The van der Waals surface area contributed by atoms with Crippen LogP contribution in [0.4, 0.5) is 14.6 Å². The van der Waals surface area contributed by atoms with Gasteiger partial charge in [-0.25, -0.2) is 13.8 Å². The fraction of sp³-hybridized carbons (Fsp3) is 0.308. The van der Waals surface area contributed by atoms with Crippen molar-refractivity contribution in [1.82, 2.24) is 20.6 Å². The fourth-order valence-corrected chi connectivity index (χ4v) is 3.54. The third-order valence-electron chi connectivity index (χ3n) is 5.36. The van der Waals surface area contributed by atoms with Crippen LogP contribution < -0.4 is 16.0 Å². The number of aromatic nitrogens is 2. The van der Waals surface area contributed by atoms with E-state index in [2.05, 4.69) is 32.8 Å². The number of carbonyl (C=O) groups excluding carboxylic acids is 2. The molecule has 0 aliphatic heterocycles. The maximum atomic E-state index is 13.4.